The quantitative estimate of drug-likeness (QED) is 0.283. The third-order valence-electron chi connectivity index (χ3n) is 8.43. The summed E-state index contributed by atoms with van der Waals surface area (Å²) in [5.41, 5.74) is 2.49. The molecule has 6 rings (SSSR count). The van der Waals surface area contributed by atoms with Crippen LogP contribution in [0.1, 0.15) is 42.1 Å². The van der Waals surface area contributed by atoms with E-state index >= 15 is 0 Å². The summed E-state index contributed by atoms with van der Waals surface area (Å²) in [6.07, 6.45) is -5.85. The molecular weight excluding hydrogens is 568 g/mol. The van der Waals surface area contributed by atoms with Gasteiger partial charge < -0.3 is 62.7 Å². The van der Waals surface area contributed by atoms with Gasteiger partial charge in [-0.1, -0.05) is 0 Å². The number of hydrogen-bond acceptors (Lipinski definition) is 13. The maximum Gasteiger partial charge on any atom is 0.231 e. The molecule has 0 bridgehead atoms. The van der Waals surface area contributed by atoms with Crippen LogP contribution in [0.25, 0.3) is 0 Å². The molecule has 4 aliphatic rings. The van der Waals surface area contributed by atoms with Crippen LogP contribution in [0, 0.1) is 5.92 Å². The molecule has 13 nitrogen and oxygen atoms in total. The Hall–Kier alpha value is -2.88. The van der Waals surface area contributed by atoms with Crippen molar-refractivity contribution in [1.29, 1.82) is 0 Å². The van der Waals surface area contributed by atoms with Crippen molar-refractivity contribution in [2.75, 3.05) is 48.1 Å². The van der Waals surface area contributed by atoms with Crippen molar-refractivity contribution in [3.63, 3.8) is 0 Å². The average molecular weight is 607 g/mol. The first-order valence-electron chi connectivity index (χ1n) is 14.2. The van der Waals surface area contributed by atoms with Gasteiger partial charge in [0, 0.05) is 18.9 Å². The summed E-state index contributed by atoms with van der Waals surface area (Å²) in [5.74, 6) is 1.10. The lowest BCUT2D eigenvalue weighted by atomic mass is 9.72. The van der Waals surface area contributed by atoms with Gasteiger partial charge in [0.15, 0.2) is 35.6 Å². The van der Waals surface area contributed by atoms with Crippen LogP contribution >= 0.6 is 0 Å². The molecule has 0 saturated carbocycles. The molecule has 2 saturated heterocycles. The van der Waals surface area contributed by atoms with E-state index in [1.165, 1.54) is 14.2 Å². The molecule has 0 radical (unpaired) electrons. The van der Waals surface area contributed by atoms with Crippen molar-refractivity contribution in [3.8, 4) is 28.7 Å². The Morgan fingerprint density at radius 3 is 2.28 bits per heavy atom. The summed E-state index contributed by atoms with van der Waals surface area (Å²) in [6.45, 7) is 2.30. The van der Waals surface area contributed by atoms with Gasteiger partial charge >= 0.3 is 0 Å². The Balaban J connectivity index is 1.39. The van der Waals surface area contributed by atoms with Gasteiger partial charge in [0.05, 0.1) is 33.5 Å². The maximum atomic E-state index is 11.1. The standard InChI is InChI=1S/C30H38O13/c1-14-38-11-24-29(41-14)26(32)27(33)30(42-24)43-28-16(10-37-12-34-2)5-17(15-6-22(35-3)25(31)23(7-15)36-4)18-8-20-21(9-19(18)28)40-13-39-20/h6-9,14,16-17,24,26-33H,5,10-13H2,1-4H3. The normalized spacial score (nSPS) is 33.0. The average Bonchev–Trinajstić information content (AvgIpc) is 3.47. The molecule has 13 heteroatoms. The highest BCUT2D eigenvalue weighted by Gasteiger charge is 2.50. The lowest BCUT2D eigenvalue weighted by Crippen LogP contribution is -2.63. The van der Waals surface area contributed by atoms with E-state index in [1.807, 2.05) is 12.1 Å². The fourth-order valence-corrected chi connectivity index (χ4v) is 6.34. The van der Waals surface area contributed by atoms with Crippen LogP contribution in [0.4, 0.5) is 0 Å². The summed E-state index contributed by atoms with van der Waals surface area (Å²) < 4.78 is 57.3. The third-order valence-corrected chi connectivity index (χ3v) is 8.43. The molecular formula is C30H38O13. The van der Waals surface area contributed by atoms with E-state index in [0.717, 1.165) is 16.7 Å². The van der Waals surface area contributed by atoms with Gasteiger partial charge in [-0.05, 0) is 54.3 Å². The SMILES string of the molecule is COCOCC1CC(c2cc(OC)c(O)c(OC)c2)c2cc3c(cc2C1OC1OC2COC(C)OC2C(O)C1O)OCO3. The van der Waals surface area contributed by atoms with Crippen LogP contribution in [0.15, 0.2) is 24.3 Å². The topological polar surface area (TPSA) is 153 Å². The number of rotatable bonds is 9. The number of aromatic hydroxyl groups is 1. The van der Waals surface area contributed by atoms with E-state index < -0.39 is 43.1 Å². The number of aliphatic hydroxyl groups is 2. The van der Waals surface area contributed by atoms with E-state index in [2.05, 4.69) is 0 Å². The van der Waals surface area contributed by atoms with E-state index in [1.54, 1.807) is 26.2 Å². The van der Waals surface area contributed by atoms with Crippen molar-refractivity contribution in [2.45, 2.75) is 62.4 Å². The number of fused-ring (bicyclic) bond motifs is 3. The molecule has 2 aromatic carbocycles. The highest BCUT2D eigenvalue weighted by Crippen LogP contribution is 2.52. The summed E-state index contributed by atoms with van der Waals surface area (Å²) >= 11 is 0. The summed E-state index contributed by atoms with van der Waals surface area (Å²) in [7, 11) is 4.50. The summed E-state index contributed by atoms with van der Waals surface area (Å²) in [6, 6.07) is 7.35. The van der Waals surface area contributed by atoms with Crippen molar-refractivity contribution < 1.29 is 62.7 Å². The molecule has 0 amide bonds. The number of phenolic OH excluding ortho intramolecular Hbond substituents is 1. The first kappa shape index (κ1) is 30.2. The van der Waals surface area contributed by atoms with Crippen LogP contribution in [0.2, 0.25) is 0 Å². The van der Waals surface area contributed by atoms with Gasteiger partial charge in [-0.2, -0.15) is 0 Å². The molecule has 2 aromatic rings. The largest absolute Gasteiger partial charge is 0.502 e. The third kappa shape index (κ3) is 5.71. The zero-order valence-electron chi connectivity index (χ0n) is 24.5. The van der Waals surface area contributed by atoms with Gasteiger partial charge in [0.2, 0.25) is 12.5 Å². The van der Waals surface area contributed by atoms with Gasteiger partial charge in [0.1, 0.15) is 31.2 Å². The molecule has 236 valence electrons. The first-order chi connectivity index (χ1) is 20.8. The van der Waals surface area contributed by atoms with Crippen molar-refractivity contribution >= 4 is 0 Å². The molecule has 3 N–H and O–H groups in total. The lowest BCUT2D eigenvalue weighted by Gasteiger charge is -2.47. The minimum absolute atomic E-state index is 0.0701. The maximum absolute atomic E-state index is 11.1. The lowest BCUT2D eigenvalue weighted by molar-refractivity contribution is -0.364. The number of ether oxygens (including phenoxy) is 10. The molecule has 3 aliphatic heterocycles. The van der Waals surface area contributed by atoms with Crippen LogP contribution < -0.4 is 18.9 Å². The van der Waals surface area contributed by atoms with Gasteiger partial charge in [-0.15, -0.1) is 0 Å². The Morgan fingerprint density at radius 1 is 0.907 bits per heavy atom. The summed E-state index contributed by atoms with van der Waals surface area (Å²) in [5, 5.41) is 32.6. The van der Waals surface area contributed by atoms with Gasteiger partial charge in [-0.3, -0.25) is 0 Å². The van der Waals surface area contributed by atoms with E-state index in [-0.39, 0.29) is 55.9 Å². The van der Waals surface area contributed by atoms with E-state index in [9.17, 15) is 15.3 Å². The number of aliphatic hydroxyl groups excluding tert-OH is 2. The second kappa shape index (κ2) is 12.6. The minimum Gasteiger partial charge on any atom is -0.502 e. The van der Waals surface area contributed by atoms with Crippen LogP contribution in [0.3, 0.4) is 0 Å². The Bertz CT molecular complexity index is 1260. The van der Waals surface area contributed by atoms with Crippen LogP contribution in [-0.4, -0.2) is 100 Å². The van der Waals surface area contributed by atoms with Crippen LogP contribution in [0.5, 0.6) is 28.7 Å². The van der Waals surface area contributed by atoms with Crippen molar-refractivity contribution in [3.05, 3.63) is 41.0 Å². The van der Waals surface area contributed by atoms with E-state index in [0.29, 0.717) is 17.9 Å². The number of benzene rings is 2. The van der Waals surface area contributed by atoms with Crippen LogP contribution in [-0.2, 0) is 28.4 Å². The Labute approximate surface area is 249 Å². The van der Waals surface area contributed by atoms with Gasteiger partial charge in [0.25, 0.3) is 0 Å². The predicted octanol–water partition coefficient (Wildman–Crippen LogP) is 2.18. The molecule has 3 heterocycles. The second-order valence-electron chi connectivity index (χ2n) is 11.0. The minimum atomic E-state index is -1.38. The van der Waals surface area contributed by atoms with Gasteiger partial charge in [-0.25, -0.2) is 0 Å². The summed E-state index contributed by atoms with van der Waals surface area (Å²) in [4.78, 5) is 0. The number of hydrogen-bond donors (Lipinski definition) is 3. The second-order valence-corrected chi connectivity index (χ2v) is 11.0. The monoisotopic (exact) mass is 606 g/mol. The molecule has 2 fully saturated rings. The highest BCUT2D eigenvalue weighted by atomic mass is 16.8. The van der Waals surface area contributed by atoms with Crippen molar-refractivity contribution in [1.82, 2.24) is 0 Å². The molecule has 9 atom stereocenters. The molecule has 1 aliphatic carbocycles. The first-order valence-corrected chi connectivity index (χ1v) is 14.2. The zero-order valence-corrected chi connectivity index (χ0v) is 24.5. The molecule has 0 spiro atoms. The fourth-order valence-electron chi connectivity index (χ4n) is 6.34. The smallest absolute Gasteiger partial charge is 0.231 e. The highest BCUT2D eigenvalue weighted by molar-refractivity contribution is 5.58. The Kier molecular flexibility index (Phi) is 8.85. The Morgan fingerprint density at radius 2 is 1.60 bits per heavy atom. The molecule has 0 aromatic heterocycles. The van der Waals surface area contributed by atoms with E-state index in [4.69, 9.17) is 47.4 Å². The zero-order chi connectivity index (χ0) is 30.2. The predicted molar refractivity (Wildman–Crippen MR) is 146 cm³/mol. The number of phenols is 1. The molecule has 9 unspecified atom stereocenters. The fraction of sp³-hybridized carbons (Fsp3) is 0.600. The number of methoxy groups -OCH3 is 3. The van der Waals surface area contributed by atoms with Crippen molar-refractivity contribution in [2.24, 2.45) is 5.92 Å². The molecule has 43 heavy (non-hydrogen) atoms.